The molecule has 2 heterocycles. The van der Waals surface area contributed by atoms with E-state index in [9.17, 15) is 28.8 Å². The number of ether oxygens (including phenoxy) is 1. The molecule has 2 N–H and O–H groups in total. The topological polar surface area (TPSA) is 142 Å². The molecule has 0 fully saturated rings. The summed E-state index contributed by atoms with van der Waals surface area (Å²) in [5.74, 6) is -3.12. The Hall–Kier alpha value is -3.34. The fourth-order valence-electron chi connectivity index (χ4n) is 2.20. The van der Waals surface area contributed by atoms with Crippen molar-refractivity contribution in [2.75, 3.05) is 39.4 Å². The van der Waals surface area contributed by atoms with Gasteiger partial charge >= 0.3 is 0 Å². The van der Waals surface area contributed by atoms with Gasteiger partial charge in [0.2, 0.25) is 11.8 Å². The zero-order valence-electron chi connectivity index (χ0n) is 14.3. The minimum atomic E-state index is -0.532. The molecule has 6 amide bonds. The minimum absolute atomic E-state index is 0.161. The average Bonchev–Trinajstić information content (AvgIpc) is 3.11. The SMILES string of the molecule is O=C(CN1C(=O)C=CC1=O)NCCOCCNC(=O)CN1C(=O)C=CC1=O. The molecule has 0 unspecified atom stereocenters. The van der Waals surface area contributed by atoms with Crippen LogP contribution in [-0.4, -0.2) is 84.6 Å². The molecule has 2 rings (SSSR count). The van der Waals surface area contributed by atoms with Gasteiger partial charge in [-0.15, -0.1) is 0 Å². The van der Waals surface area contributed by atoms with Crippen LogP contribution in [0.3, 0.4) is 0 Å². The van der Waals surface area contributed by atoms with Gasteiger partial charge in [-0.2, -0.15) is 0 Å². The van der Waals surface area contributed by atoms with Crippen LogP contribution in [0.2, 0.25) is 0 Å². The summed E-state index contributed by atoms with van der Waals surface area (Å²) in [4.78, 5) is 70.1. The summed E-state index contributed by atoms with van der Waals surface area (Å²) < 4.78 is 5.21. The number of amides is 6. The van der Waals surface area contributed by atoms with E-state index in [1.165, 1.54) is 0 Å². The zero-order valence-corrected chi connectivity index (χ0v) is 14.3. The first-order valence-electron chi connectivity index (χ1n) is 8.06. The van der Waals surface area contributed by atoms with E-state index in [1.54, 1.807) is 0 Å². The highest BCUT2D eigenvalue weighted by Crippen LogP contribution is 2.02. The Balaban J connectivity index is 1.49. The van der Waals surface area contributed by atoms with Crippen molar-refractivity contribution in [2.45, 2.75) is 0 Å². The molecule has 0 aliphatic carbocycles. The van der Waals surface area contributed by atoms with Gasteiger partial charge in [-0.25, -0.2) is 0 Å². The number of hydrogen-bond donors (Lipinski definition) is 2. The quantitative estimate of drug-likeness (QED) is 0.306. The van der Waals surface area contributed by atoms with Crippen molar-refractivity contribution >= 4 is 35.4 Å². The molecular weight excluding hydrogens is 360 g/mol. The van der Waals surface area contributed by atoms with E-state index in [0.29, 0.717) is 0 Å². The van der Waals surface area contributed by atoms with E-state index >= 15 is 0 Å². The zero-order chi connectivity index (χ0) is 19.8. The van der Waals surface area contributed by atoms with Crippen LogP contribution in [0.25, 0.3) is 0 Å². The predicted molar refractivity (Wildman–Crippen MR) is 88.6 cm³/mol. The lowest BCUT2D eigenvalue weighted by Crippen LogP contribution is -2.42. The van der Waals surface area contributed by atoms with Crippen LogP contribution in [-0.2, 0) is 33.5 Å². The molecular formula is C16H18N4O7. The molecule has 2 aliphatic rings. The van der Waals surface area contributed by atoms with Crippen molar-refractivity contribution in [3.8, 4) is 0 Å². The van der Waals surface area contributed by atoms with Crippen LogP contribution < -0.4 is 10.6 Å². The number of carbonyl (C=O) groups is 6. The van der Waals surface area contributed by atoms with Gasteiger partial charge in [0.15, 0.2) is 0 Å². The van der Waals surface area contributed by atoms with Gasteiger partial charge in [-0.3, -0.25) is 38.6 Å². The van der Waals surface area contributed by atoms with Crippen LogP contribution in [0.5, 0.6) is 0 Å². The number of carbonyl (C=O) groups excluding carboxylic acids is 6. The summed E-state index contributed by atoms with van der Waals surface area (Å²) in [6.45, 7) is -0.0612. The first kappa shape index (κ1) is 20.0. The maximum absolute atomic E-state index is 11.6. The van der Waals surface area contributed by atoms with E-state index in [4.69, 9.17) is 4.74 Å². The van der Waals surface area contributed by atoms with Gasteiger partial charge in [0, 0.05) is 37.4 Å². The molecule has 11 heteroatoms. The fraction of sp³-hybridized carbons (Fsp3) is 0.375. The Bertz CT molecular complexity index is 632. The molecule has 0 bridgehead atoms. The van der Waals surface area contributed by atoms with Gasteiger partial charge in [-0.1, -0.05) is 0 Å². The first-order valence-corrected chi connectivity index (χ1v) is 8.06. The third-order valence-electron chi connectivity index (χ3n) is 3.54. The van der Waals surface area contributed by atoms with Gasteiger partial charge in [0.1, 0.15) is 13.1 Å². The van der Waals surface area contributed by atoms with Gasteiger partial charge in [-0.05, 0) is 0 Å². The summed E-state index contributed by atoms with van der Waals surface area (Å²) in [6, 6.07) is 0. The third kappa shape index (κ3) is 5.85. The molecule has 0 radical (unpaired) electrons. The number of rotatable bonds is 10. The van der Waals surface area contributed by atoms with Crippen LogP contribution >= 0.6 is 0 Å². The van der Waals surface area contributed by atoms with Crippen molar-refractivity contribution in [1.82, 2.24) is 20.4 Å². The van der Waals surface area contributed by atoms with Crippen LogP contribution in [0, 0.1) is 0 Å². The number of hydrogen-bond acceptors (Lipinski definition) is 7. The molecule has 0 saturated carbocycles. The van der Waals surface area contributed by atoms with Crippen molar-refractivity contribution < 1.29 is 33.5 Å². The number of imide groups is 2. The summed E-state index contributed by atoms with van der Waals surface area (Å²) in [6.07, 6.45) is 4.39. The number of nitrogens with one attached hydrogen (secondary N) is 2. The first-order chi connectivity index (χ1) is 12.9. The van der Waals surface area contributed by atoms with E-state index < -0.39 is 35.4 Å². The lowest BCUT2D eigenvalue weighted by molar-refractivity contribution is -0.141. The van der Waals surface area contributed by atoms with E-state index in [1.807, 2.05) is 0 Å². The van der Waals surface area contributed by atoms with E-state index in [2.05, 4.69) is 10.6 Å². The van der Waals surface area contributed by atoms with Crippen molar-refractivity contribution in [3.63, 3.8) is 0 Å². The lowest BCUT2D eigenvalue weighted by Gasteiger charge is -2.14. The van der Waals surface area contributed by atoms with Crippen LogP contribution in [0.1, 0.15) is 0 Å². The van der Waals surface area contributed by atoms with Crippen LogP contribution in [0.15, 0.2) is 24.3 Å². The maximum Gasteiger partial charge on any atom is 0.254 e. The van der Waals surface area contributed by atoms with Gasteiger partial charge < -0.3 is 15.4 Å². The molecule has 0 aromatic rings. The Morgan fingerprint density at radius 3 is 1.37 bits per heavy atom. The highest BCUT2D eigenvalue weighted by atomic mass is 16.5. The van der Waals surface area contributed by atoms with Gasteiger partial charge in [0.25, 0.3) is 23.6 Å². The Labute approximate surface area is 154 Å². The molecule has 11 nitrogen and oxygen atoms in total. The Kier molecular flexibility index (Phi) is 6.94. The molecule has 27 heavy (non-hydrogen) atoms. The summed E-state index contributed by atoms with van der Waals surface area (Å²) in [5.41, 5.74) is 0. The largest absolute Gasteiger partial charge is 0.378 e. The second-order valence-corrected chi connectivity index (χ2v) is 5.50. The molecule has 0 spiro atoms. The molecule has 0 aromatic heterocycles. The predicted octanol–water partition coefficient (Wildman–Crippen LogP) is -2.91. The lowest BCUT2D eigenvalue weighted by atomic mass is 10.4. The molecule has 2 aliphatic heterocycles. The normalized spacial score (nSPS) is 15.9. The number of nitrogens with zero attached hydrogens (tertiary/aromatic N) is 2. The third-order valence-corrected chi connectivity index (χ3v) is 3.54. The summed E-state index contributed by atoms with van der Waals surface area (Å²) in [5, 5.41) is 4.99. The van der Waals surface area contributed by atoms with Crippen molar-refractivity contribution in [3.05, 3.63) is 24.3 Å². The summed E-state index contributed by atoms with van der Waals surface area (Å²) in [7, 11) is 0. The highest BCUT2D eigenvalue weighted by Gasteiger charge is 2.26. The Morgan fingerprint density at radius 1 is 0.704 bits per heavy atom. The van der Waals surface area contributed by atoms with Crippen molar-refractivity contribution in [1.29, 1.82) is 0 Å². The highest BCUT2D eigenvalue weighted by molar-refractivity contribution is 6.15. The maximum atomic E-state index is 11.6. The van der Waals surface area contributed by atoms with E-state index in [-0.39, 0.29) is 39.4 Å². The monoisotopic (exact) mass is 378 g/mol. The molecule has 0 saturated heterocycles. The second kappa shape index (κ2) is 9.38. The molecule has 144 valence electrons. The molecule has 0 atom stereocenters. The average molecular weight is 378 g/mol. The van der Waals surface area contributed by atoms with E-state index in [0.717, 1.165) is 34.1 Å². The standard InChI is InChI=1S/C16H18N4O7/c21-11(9-19-13(23)1-2-14(19)24)17-5-7-27-8-6-18-12(22)10-20-15(25)3-4-16(20)26/h1-4H,5-10H2,(H,17,21)(H,18,22). The second-order valence-electron chi connectivity index (χ2n) is 5.50. The fourth-order valence-corrected chi connectivity index (χ4v) is 2.20. The van der Waals surface area contributed by atoms with Crippen LogP contribution in [0.4, 0.5) is 0 Å². The Morgan fingerprint density at radius 2 is 1.04 bits per heavy atom. The smallest absolute Gasteiger partial charge is 0.254 e. The molecule has 0 aromatic carbocycles. The van der Waals surface area contributed by atoms with Gasteiger partial charge in [0.05, 0.1) is 13.2 Å². The minimum Gasteiger partial charge on any atom is -0.378 e. The summed E-state index contributed by atoms with van der Waals surface area (Å²) >= 11 is 0. The van der Waals surface area contributed by atoms with Crippen molar-refractivity contribution in [2.24, 2.45) is 0 Å².